The van der Waals surface area contributed by atoms with E-state index >= 15 is 0 Å². The molecule has 1 saturated heterocycles. The first kappa shape index (κ1) is 19.4. The Labute approximate surface area is 169 Å². The first-order valence-electron chi connectivity index (χ1n) is 9.73. The van der Waals surface area contributed by atoms with E-state index in [-0.39, 0.29) is 11.8 Å². The van der Waals surface area contributed by atoms with E-state index < -0.39 is 0 Å². The van der Waals surface area contributed by atoms with E-state index in [1.165, 1.54) is 0 Å². The van der Waals surface area contributed by atoms with Crippen molar-refractivity contribution in [3.8, 4) is 5.75 Å². The van der Waals surface area contributed by atoms with Crippen LogP contribution in [0.25, 0.3) is 0 Å². The molecule has 0 unspecified atom stereocenters. The number of rotatable bonds is 6. The van der Waals surface area contributed by atoms with E-state index in [9.17, 15) is 9.59 Å². The molecule has 1 aromatic heterocycles. The third-order valence-electron chi connectivity index (χ3n) is 5.69. The Morgan fingerprint density at radius 3 is 2.59 bits per heavy atom. The van der Waals surface area contributed by atoms with Gasteiger partial charge in [0.25, 0.3) is 5.91 Å². The van der Waals surface area contributed by atoms with Crippen molar-refractivity contribution in [1.29, 1.82) is 0 Å². The number of fused-ring (bicyclic) bond motifs is 2. The molecule has 0 aliphatic carbocycles. The van der Waals surface area contributed by atoms with Crippen LogP contribution in [0.4, 0.5) is 5.69 Å². The second kappa shape index (κ2) is 8.20. The lowest BCUT2D eigenvalue weighted by Crippen LogP contribution is -2.31. The minimum Gasteiger partial charge on any atom is -0.497 e. The highest BCUT2D eigenvalue weighted by molar-refractivity contribution is 6.01. The maximum absolute atomic E-state index is 12.7. The molecule has 0 saturated carbocycles. The second-order valence-corrected chi connectivity index (χ2v) is 7.50. The van der Waals surface area contributed by atoms with Crippen LogP contribution in [0.3, 0.4) is 0 Å². The molecule has 29 heavy (non-hydrogen) atoms. The van der Waals surface area contributed by atoms with E-state index in [1.54, 1.807) is 38.5 Å². The standard InChI is InChI=1S/C20H25N5O4/c1-28-8-7-18(26)24-10-13-9-17-22-23-19(25(17)12-14(13)11-24)20(27)21-15-3-5-16(29-2)6-4-15/h3-6,13-14H,7-12H2,1-2H3,(H,21,27)/t13-,14-/m0/s1. The molecule has 1 N–H and O–H groups in total. The van der Waals surface area contributed by atoms with Gasteiger partial charge in [-0.1, -0.05) is 0 Å². The molecule has 9 heteroatoms. The van der Waals surface area contributed by atoms with Crippen molar-refractivity contribution in [3.63, 3.8) is 0 Å². The first-order valence-corrected chi connectivity index (χ1v) is 9.73. The minimum atomic E-state index is -0.293. The Hall–Kier alpha value is -2.94. The number of aromatic nitrogens is 3. The lowest BCUT2D eigenvalue weighted by atomic mass is 9.89. The van der Waals surface area contributed by atoms with E-state index in [0.29, 0.717) is 49.5 Å². The highest BCUT2D eigenvalue weighted by Crippen LogP contribution is 2.33. The van der Waals surface area contributed by atoms with Gasteiger partial charge in [-0.25, -0.2) is 0 Å². The van der Waals surface area contributed by atoms with Crippen molar-refractivity contribution in [2.75, 3.05) is 39.2 Å². The van der Waals surface area contributed by atoms with E-state index in [0.717, 1.165) is 24.5 Å². The van der Waals surface area contributed by atoms with Gasteiger partial charge in [0.1, 0.15) is 11.6 Å². The predicted octanol–water partition coefficient (Wildman–Crippen LogP) is 1.21. The Morgan fingerprint density at radius 2 is 1.86 bits per heavy atom. The molecule has 2 atom stereocenters. The van der Waals surface area contributed by atoms with Crippen LogP contribution in [0.2, 0.25) is 0 Å². The molecule has 2 aliphatic rings. The molecule has 2 aromatic rings. The van der Waals surface area contributed by atoms with Gasteiger partial charge in [-0.15, -0.1) is 10.2 Å². The number of methoxy groups -OCH3 is 2. The fourth-order valence-electron chi connectivity index (χ4n) is 4.10. The van der Waals surface area contributed by atoms with Crippen LogP contribution >= 0.6 is 0 Å². The number of amides is 2. The van der Waals surface area contributed by atoms with Crippen LogP contribution in [0.15, 0.2) is 24.3 Å². The smallest absolute Gasteiger partial charge is 0.293 e. The van der Waals surface area contributed by atoms with Gasteiger partial charge >= 0.3 is 0 Å². The van der Waals surface area contributed by atoms with Crippen molar-refractivity contribution in [2.24, 2.45) is 11.8 Å². The van der Waals surface area contributed by atoms with Gasteiger partial charge in [0.05, 0.1) is 20.1 Å². The van der Waals surface area contributed by atoms with Gasteiger partial charge in [-0.3, -0.25) is 9.59 Å². The fourth-order valence-corrected chi connectivity index (χ4v) is 4.10. The summed E-state index contributed by atoms with van der Waals surface area (Å²) < 4.78 is 12.0. The number of anilines is 1. The van der Waals surface area contributed by atoms with Gasteiger partial charge in [0.2, 0.25) is 11.7 Å². The van der Waals surface area contributed by atoms with Gasteiger partial charge < -0.3 is 24.3 Å². The molecule has 1 fully saturated rings. The van der Waals surface area contributed by atoms with Gasteiger partial charge in [0, 0.05) is 38.9 Å². The lowest BCUT2D eigenvalue weighted by Gasteiger charge is -2.25. The fraction of sp³-hybridized carbons (Fsp3) is 0.500. The number of ether oxygens (including phenoxy) is 2. The molecule has 9 nitrogen and oxygen atoms in total. The molecule has 3 heterocycles. The number of benzene rings is 1. The topological polar surface area (TPSA) is 98.6 Å². The van der Waals surface area contributed by atoms with Crippen LogP contribution in [0, 0.1) is 11.8 Å². The largest absolute Gasteiger partial charge is 0.497 e. The lowest BCUT2D eigenvalue weighted by molar-refractivity contribution is -0.131. The summed E-state index contributed by atoms with van der Waals surface area (Å²) in [5.74, 6) is 2.32. The minimum absolute atomic E-state index is 0.120. The average molecular weight is 399 g/mol. The monoisotopic (exact) mass is 399 g/mol. The summed E-state index contributed by atoms with van der Waals surface area (Å²) in [5, 5.41) is 11.2. The molecule has 2 amide bonds. The SMILES string of the molecule is COCCC(=O)N1C[C@@H]2Cc3nnc(C(=O)Nc4ccc(OC)cc4)n3C[C@@H]2C1. The number of carbonyl (C=O) groups excluding carboxylic acids is 2. The summed E-state index contributed by atoms with van der Waals surface area (Å²) >= 11 is 0. The van der Waals surface area contributed by atoms with Crippen LogP contribution in [0.1, 0.15) is 22.9 Å². The maximum atomic E-state index is 12.7. The Kier molecular flexibility index (Phi) is 5.48. The molecule has 0 radical (unpaired) electrons. The van der Waals surface area contributed by atoms with Gasteiger partial charge in [-0.05, 0) is 36.1 Å². The number of hydrogen-bond acceptors (Lipinski definition) is 6. The third-order valence-corrected chi connectivity index (χ3v) is 5.69. The summed E-state index contributed by atoms with van der Waals surface area (Å²) in [4.78, 5) is 27.0. The molecule has 0 spiro atoms. The summed E-state index contributed by atoms with van der Waals surface area (Å²) in [6.07, 6.45) is 1.12. The first-order chi connectivity index (χ1) is 14.1. The second-order valence-electron chi connectivity index (χ2n) is 7.50. The normalized spacial score (nSPS) is 20.1. The van der Waals surface area contributed by atoms with Crippen molar-refractivity contribution in [1.82, 2.24) is 19.7 Å². The van der Waals surface area contributed by atoms with Crippen molar-refractivity contribution in [2.45, 2.75) is 19.4 Å². The van der Waals surface area contributed by atoms with Crippen LogP contribution in [-0.4, -0.2) is 65.4 Å². The number of nitrogens with zero attached hydrogens (tertiary/aromatic N) is 4. The van der Waals surface area contributed by atoms with E-state index in [1.807, 2.05) is 9.47 Å². The number of hydrogen-bond donors (Lipinski definition) is 1. The van der Waals surface area contributed by atoms with Crippen LogP contribution in [-0.2, 0) is 22.5 Å². The van der Waals surface area contributed by atoms with Crippen molar-refractivity contribution in [3.05, 3.63) is 35.9 Å². The summed E-state index contributed by atoms with van der Waals surface area (Å²) in [5.41, 5.74) is 0.664. The molecule has 0 bridgehead atoms. The van der Waals surface area contributed by atoms with E-state index in [4.69, 9.17) is 9.47 Å². The zero-order valence-electron chi connectivity index (χ0n) is 16.6. The predicted molar refractivity (Wildman–Crippen MR) is 105 cm³/mol. The molecule has 4 rings (SSSR count). The Balaban J connectivity index is 1.43. The summed E-state index contributed by atoms with van der Waals surface area (Å²) in [6, 6.07) is 7.13. The summed E-state index contributed by atoms with van der Waals surface area (Å²) in [7, 11) is 3.19. The molecular weight excluding hydrogens is 374 g/mol. The molecule has 154 valence electrons. The number of carbonyl (C=O) groups is 2. The third kappa shape index (κ3) is 3.95. The number of likely N-dealkylation sites (tertiary alicyclic amines) is 1. The van der Waals surface area contributed by atoms with Crippen molar-refractivity contribution >= 4 is 17.5 Å². The zero-order chi connectivity index (χ0) is 20.4. The summed E-state index contributed by atoms with van der Waals surface area (Å²) in [6.45, 7) is 2.51. The molecular formula is C20H25N5O4. The molecule has 2 aliphatic heterocycles. The average Bonchev–Trinajstić information content (AvgIpc) is 3.34. The highest BCUT2D eigenvalue weighted by atomic mass is 16.5. The van der Waals surface area contributed by atoms with E-state index in [2.05, 4.69) is 15.5 Å². The maximum Gasteiger partial charge on any atom is 0.293 e. The van der Waals surface area contributed by atoms with Gasteiger partial charge in [0.15, 0.2) is 0 Å². The van der Waals surface area contributed by atoms with Gasteiger partial charge in [-0.2, -0.15) is 0 Å². The Morgan fingerprint density at radius 1 is 1.10 bits per heavy atom. The number of nitrogens with one attached hydrogen (secondary N) is 1. The van der Waals surface area contributed by atoms with Crippen LogP contribution in [0.5, 0.6) is 5.75 Å². The van der Waals surface area contributed by atoms with Crippen LogP contribution < -0.4 is 10.1 Å². The zero-order valence-corrected chi connectivity index (χ0v) is 16.6. The molecule has 1 aromatic carbocycles. The quantitative estimate of drug-likeness (QED) is 0.784. The van der Waals surface area contributed by atoms with Crippen molar-refractivity contribution < 1.29 is 19.1 Å². The Bertz CT molecular complexity index is 895. The highest BCUT2D eigenvalue weighted by Gasteiger charge is 2.40.